The number of anilines is 1. The second kappa shape index (κ2) is 7.27. The predicted octanol–water partition coefficient (Wildman–Crippen LogP) is 2.98. The number of aromatic amines is 2. The summed E-state index contributed by atoms with van der Waals surface area (Å²) < 4.78 is 41.5. The van der Waals surface area contributed by atoms with Crippen LogP contribution in [-0.4, -0.2) is 25.7 Å². The number of rotatable bonds is 3. The van der Waals surface area contributed by atoms with Crippen LogP contribution in [-0.2, 0) is 6.18 Å². The second-order valence-corrected chi connectivity index (χ2v) is 6.81. The van der Waals surface area contributed by atoms with E-state index in [4.69, 9.17) is 0 Å². The SMILES string of the molecule is Cc1cn(-c2cc(NC(=O)c3ccc4c(=O)[nH][nH]c(=O)c4c3)cc(C(F)(F)F)c2)cn1. The Kier molecular flexibility index (Phi) is 4.72. The number of nitrogens with one attached hydrogen (secondary N) is 3. The lowest BCUT2D eigenvalue weighted by Gasteiger charge is -2.14. The molecular weight excluding hydrogens is 415 g/mol. The smallest absolute Gasteiger partial charge is 0.322 e. The number of alkyl halides is 3. The van der Waals surface area contributed by atoms with Gasteiger partial charge < -0.3 is 9.88 Å². The van der Waals surface area contributed by atoms with E-state index in [0.29, 0.717) is 5.69 Å². The number of hydrogen-bond acceptors (Lipinski definition) is 4. The van der Waals surface area contributed by atoms with Crippen molar-refractivity contribution < 1.29 is 18.0 Å². The summed E-state index contributed by atoms with van der Waals surface area (Å²) in [5.41, 5.74) is -1.43. The van der Waals surface area contributed by atoms with Crippen LogP contribution in [0.3, 0.4) is 0 Å². The van der Waals surface area contributed by atoms with Crippen LogP contribution in [0, 0.1) is 6.92 Å². The zero-order valence-corrected chi connectivity index (χ0v) is 15.9. The third-order valence-corrected chi connectivity index (χ3v) is 4.57. The van der Waals surface area contributed by atoms with E-state index in [-0.39, 0.29) is 27.7 Å². The average Bonchev–Trinajstić information content (AvgIpc) is 3.16. The van der Waals surface area contributed by atoms with Crippen molar-refractivity contribution in [1.82, 2.24) is 19.7 Å². The van der Waals surface area contributed by atoms with Crippen molar-refractivity contribution in [3.63, 3.8) is 0 Å². The summed E-state index contributed by atoms with van der Waals surface area (Å²) in [6.07, 6.45) is -1.72. The van der Waals surface area contributed by atoms with Gasteiger partial charge in [-0.3, -0.25) is 24.6 Å². The maximum atomic E-state index is 13.4. The van der Waals surface area contributed by atoms with Gasteiger partial charge >= 0.3 is 6.18 Å². The first-order chi connectivity index (χ1) is 14.6. The van der Waals surface area contributed by atoms with Crippen LogP contribution in [0.25, 0.3) is 16.5 Å². The zero-order valence-electron chi connectivity index (χ0n) is 15.9. The van der Waals surface area contributed by atoms with E-state index in [0.717, 1.165) is 12.1 Å². The highest BCUT2D eigenvalue weighted by molar-refractivity contribution is 6.06. The molecule has 0 saturated carbocycles. The van der Waals surface area contributed by atoms with Gasteiger partial charge in [0.25, 0.3) is 17.0 Å². The molecule has 0 aliphatic rings. The molecule has 0 saturated heterocycles. The molecule has 2 aromatic heterocycles. The molecule has 0 unspecified atom stereocenters. The summed E-state index contributed by atoms with van der Waals surface area (Å²) in [4.78, 5) is 40.4. The van der Waals surface area contributed by atoms with E-state index in [2.05, 4.69) is 20.5 Å². The molecule has 0 aliphatic heterocycles. The van der Waals surface area contributed by atoms with Gasteiger partial charge in [0.05, 0.1) is 28.4 Å². The topological polar surface area (TPSA) is 113 Å². The van der Waals surface area contributed by atoms with Gasteiger partial charge in [0, 0.05) is 23.1 Å². The highest BCUT2D eigenvalue weighted by atomic mass is 19.4. The van der Waals surface area contributed by atoms with Gasteiger partial charge in [0.15, 0.2) is 0 Å². The van der Waals surface area contributed by atoms with Crippen molar-refractivity contribution in [1.29, 1.82) is 0 Å². The minimum atomic E-state index is -4.64. The van der Waals surface area contributed by atoms with Crippen LogP contribution in [0.1, 0.15) is 21.6 Å². The van der Waals surface area contributed by atoms with Gasteiger partial charge in [-0.1, -0.05) is 0 Å². The number of carbonyl (C=O) groups is 1. The number of nitrogens with zero attached hydrogens (tertiary/aromatic N) is 2. The van der Waals surface area contributed by atoms with Gasteiger partial charge in [-0.15, -0.1) is 0 Å². The molecule has 4 aromatic rings. The largest absolute Gasteiger partial charge is 0.416 e. The average molecular weight is 429 g/mol. The molecule has 0 bridgehead atoms. The van der Waals surface area contributed by atoms with Crippen molar-refractivity contribution in [2.45, 2.75) is 13.1 Å². The number of aromatic nitrogens is 4. The fourth-order valence-corrected chi connectivity index (χ4v) is 3.08. The summed E-state index contributed by atoms with van der Waals surface area (Å²) in [6.45, 7) is 1.69. The predicted molar refractivity (Wildman–Crippen MR) is 106 cm³/mol. The molecule has 0 radical (unpaired) electrons. The number of amides is 1. The van der Waals surface area contributed by atoms with Crippen molar-refractivity contribution in [3.8, 4) is 5.69 Å². The van der Waals surface area contributed by atoms with Crippen molar-refractivity contribution >= 4 is 22.4 Å². The van der Waals surface area contributed by atoms with Gasteiger partial charge in [0.2, 0.25) is 0 Å². The van der Waals surface area contributed by atoms with Crippen molar-refractivity contribution in [3.05, 3.63) is 86.5 Å². The van der Waals surface area contributed by atoms with Crippen LogP contribution in [0.2, 0.25) is 0 Å². The molecule has 31 heavy (non-hydrogen) atoms. The number of hydrogen-bond donors (Lipinski definition) is 3. The molecule has 8 nitrogen and oxygen atoms in total. The first kappa shape index (κ1) is 20.1. The molecule has 0 atom stereocenters. The lowest BCUT2D eigenvalue weighted by molar-refractivity contribution is -0.137. The summed E-state index contributed by atoms with van der Waals surface area (Å²) in [7, 11) is 0. The van der Waals surface area contributed by atoms with E-state index in [1.165, 1.54) is 35.2 Å². The fourth-order valence-electron chi connectivity index (χ4n) is 3.08. The van der Waals surface area contributed by atoms with E-state index in [1.807, 2.05) is 0 Å². The molecule has 4 rings (SSSR count). The van der Waals surface area contributed by atoms with Gasteiger partial charge in [-0.05, 0) is 43.3 Å². The minimum Gasteiger partial charge on any atom is -0.322 e. The highest BCUT2D eigenvalue weighted by Gasteiger charge is 2.31. The summed E-state index contributed by atoms with van der Waals surface area (Å²) in [5.74, 6) is -0.742. The quantitative estimate of drug-likeness (QED) is 0.465. The first-order valence-corrected chi connectivity index (χ1v) is 8.91. The normalized spacial score (nSPS) is 11.6. The number of fused-ring (bicyclic) bond motifs is 1. The van der Waals surface area contributed by atoms with Crippen LogP contribution in [0.5, 0.6) is 0 Å². The number of benzene rings is 2. The Bertz CT molecular complexity index is 1430. The van der Waals surface area contributed by atoms with E-state index < -0.39 is 28.8 Å². The van der Waals surface area contributed by atoms with Crippen LogP contribution in [0.4, 0.5) is 18.9 Å². The Morgan fingerprint density at radius 3 is 2.39 bits per heavy atom. The van der Waals surface area contributed by atoms with Crippen molar-refractivity contribution in [2.75, 3.05) is 5.32 Å². The van der Waals surface area contributed by atoms with E-state index >= 15 is 0 Å². The Morgan fingerprint density at radius 2 is 1.74 bits per heavy atom. The summed E-state index contributed by atoms with van der Waals surface area (Å²) in [6, 6.07) is 6.92. The molecule has 2 heterocycles. The Labute approximate surface area is 171 Å². The molecular formula is C20H14F3N5O3. The van der Waals surface area contributed by atoms with E-state index in [9.17, 15) is 27.6 Å². The Morgan fingerprint density at radius 1 is 1.03 bits per heavy atom. The monoisotopic (exact) mass is 429 g/mol. The molecule has 11 heteroatoms. The summed E-state index contributed by atoms with van der Waals surface area (Å²) in [5, 5.41) is 6.80. The van der Waals surface area contributed by atoms with Gasteiger partial charge in [0.1, 0.15) is 0 Å². The maximum Gasteiger partial charge on any atom is 0.416 e. The van der Waals surface area contributed by atoms with Crippen LogP contribution in [0.15, 0.2) is 58.5 Å². The minimum absolute atomic E-state index is 0.000960. The molecule has 0 fully saturated rings. The highest BCUT2D eigenvalue weighted by Crippen LogP contribution is 2.33. The Balaban J connectivity index is 1.74. The zero-order chi connectivity index (χ0) is 22.3. The molecule has 158 valence electrons. The van der Waals surface area contributed by atoms with Crippen molar-refractivity contribution in [2.24, 2.45) is 0 Å². The lowest BCUT2D eigenvalue weighted by atomic mass is 10.1. The number of imidazole rings is 1. The van der Waals surface area contributed by atoms with Crippen LogP contribution >= 0.6 is 0 Å². The number of aryl methyl sites for hydroxylation is 1. The summed E-state index contributed by atoms with van der Waals surface area (Å²) >= 11 is 0. The maximum absolute atomic E-state index is 13.4. The second-order valence-electron chi connectivity index (χ2n) is 6.81. The Hall–Kier alpha value is -4.15. The lowest BCUT2D eigenvalue weighted by Crippen LogP contribution is -2.20. The standard InChI is InChI=1S/C20H14F3N5O3/c1-10-8-28(9-24-10)14-6-12(20(21,22)23)5-13(7-14)25-17(29)11-2-3-15-16(4-11)19(31)27-26-18(15)30/h2-9H,1H3,(H,25,29)(H,26,30)(H,27,31). The third-order valence-electron chi connectivity index (χ3n) is 4.57. The molecule has 1 amide bonds. The first-order valence-electron chi connectivity index (χ1n) is 8.91. The number of halogens is 3. The molecule has 3 N–H and O–H groups in total. The molecule has 2 aromatic carbocycles. The van der Waals surface area contributed by atoms with Crippen LogP contribution < -0.4 is 16.4 Å². The van der Waals surface area contributed by atoms with E-state index in [1.54, 1.807) is 13.1 Å². The fraction of sp³-hybridized carbons (Fsp3) is 0.100. The number of H-pyrrole nitrogens is 2. The molecule has 0 aliphatic carbocycles. The van der Waals surface area contributed by atoms with Gasteiger partial charge in [-0.2, -0.15) is 13.2 Å². The molecule has 0 spiro atoms. The number of carbonyl (C=O) groups excluding carboxylic acids is 1. The van der Waals surface area contributed by atoms with Gasteiger partial charge in [-0.25, -0.2) is 4.98 Å². The third kappa shape index (κ3) is 3.97.